The van der Waals surface area contributed by atoms with Gasteiger partial charge in [0.1, 0.15) is 11.9 Å². The van der Waals surface area contributed by atoms with E-state index in [1.807, 2.05) is 6.92 Å². The Labute approximate surface area is 203 Å². The number of anilines is 3. The fourth-order valence-electron chi connectivity index (χ4n) is 4.26. The summed E-state index contributed by atoms with van der Waals surface area (Å²) in [5.74, 6) is 0.0963. The Morgan fingerprint density at radius 2 is 1.94 bits per heavy atom. The van der Waals surface area contributed by atoms with E-state index in [9.17, 15) is 14.4 Å². The number of aromatic nitrogens is 1. The van der Waals surface area contributed by atoms with Crippen molar-refractivity contribution in [2.75, 3.05) is 35.2 Å². The smallest absolute Gasteiger partial charge is 0.322 e. The Hall–Kier alpha value is -3.17. The fraction of sp³-hybridized carbons (Fsp3) is 0.417. The number of nitrogens with zero attached hydrogens (tertiary/aromatic N) is 3. The van der Waals surface area contributed by atoms with Crippen molar-refractivity contribution in [3.8, 4) is 0 Å². The number of carbonyl (C=O) groups excluding carboxylic acids is 3. The van der Waals surface area contributed by atoms with Gasteiger partial charge in [0, 0.05) is 43.2 Å². The summed E-state index contributed by atoms with van der Waals surface area (Å²) in [5.41, 5.74) is 1.29. The van der Waals surface area contributed by atoms with Gasteiger partial charge in [-0.2, -0.15) is 0 Å². The Kier molecular flexibility index (Phi) is 7.64. The number of benzene rings is 1. The Bertz CT molecular complexity index is 1030. The average Bonchev–Trinajstić information content (AvgIpc) is 3.26. The molecular weight excluding hydrogens is 458 g/mol. The van der Waals surface area contributed by atoms with Crippen LogP contribution in [-0.2, 0) is 14.3 Å². The summed E-state index contributed by atoms with van der Waals surface area (Å²) in [7, 11) is 0. The van der Waals surface area contributed by atoms with Crippen molar-refractivity contribution in [2.24, 2.45) is 0 Å². The van der Waals surface area contributed by atoms with Crippen LogP contribution in [0.4, 0.5) is 22.0 Å². The molecule has 2 aromatic rings. The monoisotopic (exact) mass is 485 g/mol. The minimum absolute atomic E-state index is 0.0834. The van der Waals surface area contributed by atoms with E-state index in [1.165, 1.54) is 4.90 Å². The number of amides is 4. The predicted octanol–water partition coefficient (Wildman–Crippen LogP) is 3.90. The topological polar surface area (TPSA) is 104 Å². The van der Waals surface area contributed by atoms with Crippen LogP contribution in [-0.4, -0.2) is 59.6 Å². The van der Waals surface area contributed by atoms with Crippen LogP contribution < -0.4 is 15.5 Å². The maximum atomic E-state index is 13.1. The van der Waals surface area contributed by atoms with Crippen molar-refractivity contribution < 1.29 is 19.1 Å². The highest BCUT2D eigenvalue weighted by atomic mass is 35.5. The predicted molar refractivity (Wildman–Crippen MR) is 130 cm³/mol. The van der Waals surface area contributed by atoms with Gasteiger partial charge in [0.05, 0.1) is 18.0 Å². The molecule has 34 heavy (non-hydrogen) atoms. The molecule has 0 aliphatic carbocycles. The number of likely N-dealkylation sites (tertiary alicyclic amines) is 1. The molecule has 10 heteroatoms. The number of urea groups is 1. The van der Waals surface area contributed by atoms with E-state index in [1.54, 1.807) is 47.5 Å². The molecule has 3 heterocycles. The zero-order chi connectivity index (χ0) is 24.1. The number of piperidine rings is 1. The molecule has 2 aliphatic rings. The highest BCUT2D eigenvalue weighted by Gasteiger charge is 2.40. The maximum absolute atomic E-state index is 13.1. The van der Waals surface area contributed by atoms with Crippen molar-refractivity contribution in [2.45, 2.75) is 44.8 Å². The number of nitrogens with one attached hydrogen (secondary N) is 2. The first kappa shape index (κ1) is 24.0. The first-order valence-corrected chi connectivity index (χ1v) is 11.8. The normalized spacial score (nSPS) is 20.4. The van der Waals surface area contributed by atoms with Crippen LogP contribution in [0.25, 0.3) is 0 Å². The van der Waals surface area contributed by atoms with Gasteiger partial charge in [-0.25, -0.2) is 9.78 Å². The summed E-state index contributed by atoms with van der Waals surface area (Å²) in [5, 5.41) is 6.17. The van der Waals surface area contributed by atoms with E-state index in [0.717, 1.165) is 12.8 Å². The SMILES string of the molecule is CCO[C@@H]1C[C@H](C(=O)Nc2ccc(N3CCCCC3=O)cn2)N(C(=O)Nc2ccc(Cl)cc2)C1. The Morgan fingerprint density at radius 3 is 2.62 bits per heavy atom. The number of ether oxygens (including phenoxy) is 1. The molecule has 2 atom stereocenters. The van der Waals surface area contributed by atoms with Gasteiger partial charge >= 0.3 is 6.03 Å². The molecule has 180 valence electrons. The van der Waals surface area contributed by atoms with Crippen LogP contribution >= 0.6 is 11.6 Å². The molecule has 4 rings (SSSR count). The average molecular weight is 486 g/mol. The minimum Gasteiger partial charge on any atom is -0.377 e. The van der Waals surface area contributed by atoms with Gasteiger partial charge in [-0.05, 0) is 56.2 Å². The molecule has 1 aromatic carbocycles. The molecular formula is C24H28ClN5O4. The van der Waals surface area contributed by atoms with Gasteiger partial charge < -0.3 is 25.2 Å². The van der Waals surface area contributed by atoms with Crippen molar-refractivity contribution in [1.82, 2.24) is 9.88 Å². The van der Waals surface area contributed by atoms with E-state index in [-0.39, 0.29) is 17.9 Å². The van der Waals surface area contributed by atoms with Crippen molar-refractivity contribution in [3.05, 3.63) is 47.6 Å². The summed E-state index contributed by atoms with van der Waals surface area (Å²) < 4.78 is 5.70. The first-order valence-electron chi connectivity index (χ1n) is 11.5. The van der Waals surface area contributed by atoms with E-state index in [4.69, 9.17) is 16.3 Å². The van der Waals surface area contributed by atoms with Gasteiger partial charge in [0.25, 0.3) is 0 Å². The van der Waals surface area contributed by atoms with E-state index in [2.05, 4.69) is 15.6 Å². The molecule has 0 unspecified atom stereocenters. The van der Waals surface area contributed by atoms with Gasteiger partial charge in [-0.3, -0.25) is 9.59 Å². The summed E-state index contributed by atoms with van der Waals surface area (Å²) in [6.45, 7) is 3.34. The van der Waals surface area contributed by atoms with Gasteiger partial charge in [0.2, 0.25) is 11.8 Å². The Balaban J connectivity index is 1.43. The maximum Gasteiger partial charge on any atom is 0.322 e. The third-order valence-corrected chi connectivity index (χ3v) is 6.21. The van der Waals surface area contributed by atoms with Crippen LogP contribution in [0.15, 0.2) is 42.6 Å². The third kappa shape index (κ3) is 5.66. The van der Waals surface area contributed by atoms with Gasteiger partial charge in [-0.1, -0.05) is 11.6 Å². The molecule has 2 fully saturated rings. The first-order chi connectivity index (χ1) is 16.4. The van der Waals surface area contributed by atoms with Crippen LogP contribution in [0, 0.1) is 0 Å². The summed E-state index contributed by atoms with van der Waals surface area (Å²) in [4.78, 5) is 45.7. The largest absolute Gasteiger partial charge is 0.377 e. The molecule has 2 saturated heterocycles. The van der Waals surface area contributed by atoms with Crippen molar-refractivity contribution >= 4 is 46.6 Å². The zero-order valence-electron chi connectivity index (χ0n) is 19.0. The lowest BCUT2D eigenvalue weighted by atomic mass is 10.1. The number of hydrogen-bond acceptors (Lipinski definition) is 5. The van der Waals surface area contributed by atoms with Crippen LogP contribution in [0.3, 0.4) is 0 Å². The summed E-state index contributed by atoms with van der Waals surface area (Å²) in [6, 6.07) is 9.10. The molecule has 0 bridgehead atoms. The summed E-state index contributed by atoms with van der Waals surface area (Å²) >= 11 is 5.91. The number of halogens is 1. The second-order valence-electron chi connectivity index (χ2n) is 8.31. The molecule has 4 amide bonds. The lowest BCUT2D eigenvalue weighted by Crippen LogP contribution is -2.45. The van der Waals surface area contributed by atoms with Crippen LogP contribution in [0.2, 0.25) is 5.02 Å². The van der Waals surface area contributed by atoms with Crippen LogP contribution in [0.5, 0.6) is 0 Å². The lowest BCUT2D eigenvalue weighted by molar-refractivity contribution is -0.120. The molecule has 0 radical (unpaired) electrons. The van der Waals surface area contributed by atoms with Gasteiger partial charge in [0.15, 0.2) is 0 Å². The number of pyridine rings is 1. The highest BCUT2D eigenvalue weighted by molar-refractivity contribution is 6.30. The second-order valence-corrected chi connectivity index (χ2v) is 8.75. The standard InChI is InChI=1S/C24H28ClN5O4/c1-2-34-19-13-20(30(15-19)24(33)27-17-8-6-16(25)7-9-17)23(32)28-21-11-10-18(14-26-21)29-12-4-3-5-22(29)31/h6-11,14,19-20H,2-5,12-13,15H2,1H3,(H,27,33)(H,26,28,32)/t19-,20-/m1/s1. The fourth-order valence-corrected chi connectivity index (χ4v) is 4.39. The van der Waals surface area contributed by atoms with E-state index >= 15 is 0 Å². The molecule has 0 saturated carbocycles. The Morgan fingerprint density at radius 1 is 1.15 bits per heavy atom. The molecule has 2 aliphatic heterocycles. The number of carbonyl (C=O) groups is 3. The van der Waals surface area contributed by atoms with E-state index < -0.39 is 12.1 Å². The van der Waals surface area contributed by atoms with Crippen molar-refractivity contribution in [1.29, 1.82) is 0 Å². The van der Waals surface area contributed by atoms with Crippen molar-refractivity contribution in [3.63, 3.8) is 0 Å². The van der Waals surface area contributed by atoms with Crippen LogP contribution in [0.1, 0.15) is 32.6 Å². The third-order valence-electron chi connectivity index (χ3n) is 5.96. The lowest BCUT2D eigenvalue weighted by Gasteiger charge is -2.26. The highest BCUT2D eigenvalue weighted by Crippen LogP contribution is 2.25. The number of rotatable bonds is 6. The minimum atomic E-state index is -0.714. The summed E-state index contributed by atoms with van der Waals surface area (Å²) in [6.07, 6.45) is 4.13. The van der Waals surface area contributed by atoms with Gasteiger partial charge in [-0.15, -0.1) is 0 Å². The number of hydrogen-bond donors (Lipinski definition) is 2. The molecule has 0 spiro atoms. The molecule has 2 N–H and O–H groups in total. The zero-order valence-corrected chi connectivity index (χ0v) is 19.8. The molecule has 1 aromatic heterocycles. The quantitative estimate of drug-likeness (QED) is 0.645. The second kappa shape index (κ2) is 10.8. The molecule has 9 nitrogen and oxygen atoms in total. The van der Waals surface area contributed by atoms with E-state index in [0.29, 0.717) is 54.8 Å².